The van der Waals surface area contributed by atoms with Crippen LogP contribution in [0.3, 0.4) is 0 Å². The predicted molar refractivity (Wildman–Crippen MR) is 77.7 cm³/mol. The van der Waals surface area contributed by atoms with Gasteiger partial charge in [0.15, 0.2) is 5.78 Å². The van der Waals surface area contributed by atoms with E-state index in [1.165, 1.54) is 30.4 Å². The fourth-order valence-corrected chi connectivity index (χ4v) is 3.75. The molecule has 2 fully saturated rings. The smallest absolute Gasteiger partial charge is 0.177 e. The molecule has 2 nitrogen and oxygen atoms in total. The third-order valence-corrected chi connectivity index (χ3v) is 5.01. The highest BCUT2D eigenvalue weighted by molar-refractivity contribution is 5.99. The van der Waals surface area contributed by atoms with Gasteiger partial charge >= 0.3 is 0 Å². The summed E-state index contributed by atoms with van der Waals surface area (Å²) in [5.74, 6) is 1.16. The third-order valence-electron chi connectivity index (χ3n) is 5.01. The minimum atomic E-state index is 0.299. The van der Waals surface area contributed by atoms with Crippen LogP contribution in [0, 0.1) is 26.7 Å². The van der Waals surface area contributed by atoms with Gasteiger partial charge in [-0.15, -0.1) is 0 Å². The second-order valence-electron chi connectivity index (χ2n) is 6.44. The number of benzene rings is 1. The van der Waals surface area contributed by atoms with Crippen LogP contribution in [0.1, 0.15) is 46.3 Å². The van der Waals surface area contributed by atoms with E-state index >= 15 is 0 Å². The van der Waals surface area contributed by atoms with Crippen LogP contribution in [-0.2, 0) is 0 Å². The van der Waals surface area contributed by atoms with Gasteiger partial charge in [0, 0.05) is 18.2 Å². The Kier molecular flexibility index (Phi) is 3.22. The summed E-state index contributed by atoms with van der Waals surface area (Å²) in [4.78, 5) is 14.9. The molecule has 102 valence electrons. The highest BCUT2D eigenvalue weighted by Gasteiger charge is 2.38. The number of aryl methyl sites for hydroxylation is 3. The number of fused-ring (bicyclic) bond motifs is 2. The molecule has 1 saturated heterocycles. The van der Waals surface area contributed by atoms with Crippen LogP contribution in [0.5, 0.6) is 0 Å². The van der Waals surface area contributed by atoms with Gasteiger partial charge in [0.05, 0.1) is 6.54 Å². The van der Waals surface area contributed by atoms with Crippen molar-refractivity contribution in [2.45, 2.75) is 46.1 Å². The topological polar surface area (TPSA) is 20.3 Å². The van der Waals surface area contributed by atoms with Crippen molar-refractivity contribution in [2.75, 3.05) is 13.1 Å². The van der Waals surface area contributed by atoms with E-state index in [9.17, 15) is 4.79 Å². The molecule has 2 aliphatic rings. The Morgan fingerprint density at radius 2 is 1.89 bits per heavy atom. The van der Waals surface area contributed by atoms with Crippen molar-refractivity contribution in [3.63, 3.8) is 0 Å². The lowest BCUT2D eigenvalue weighted by atomic mass is 9.97. The molecule has 2 bridgehead atoms. The standard InChI is InChI=1S/C17H23NO/c1-11-6-13(3)16(7-12(11)2)17(19)10-18-9-14-4-5-15(18)8-14/h6-7,14-15H,4-5,8-10H2,1-3H3. The number of ketones is 1. The Morgan fingerprint density at radius 3 is 2.53 bits per heavy atom. The van der Waals surface area contributed by atoms with E-state index in [-0.39, 0.29) is 0 Å². The molecule has 2 atom stereocenters. The number of likely N-dealkylation sites (tertiary alicyclic amines) is 1. The molecule has 3 rings (SSSR count). The predicted octanol–water partition coefficient (Wildman–Crippen LogP) is 3.28. The number of hydrogen-bond acceptors (Lipinski definition) is 2. The van der Waals surface area contributed by atoms with Gasteiger partial charge in [-0.2, -0.15) is 0 Å². The zero-order valence-corrected chi connectivity index (χ0v) is 12.2. The highest BCUT2D eigenvalue weighted by Crippen LogP contribution is 2.37. The maximum atomic E-state index is 12.5. The third kappa shape index (κ3) is 2.34. The summed E-state index contributed by atoms with van der Waals surface area (Å²) in [5.41, 5.74) is 4.54. The molecule has 0 N–H and O–H groups in total. The number of Topliss-reactive ketones (excluding diaryl/α,β-unsaturated/α-hetero) is 1. The van der Waals surface area contributed by atoms with Crippen LogP contribution < -0.4 is 0 Å². The van der Waals surface area contributed by atoms with Crippen LogP contribution in [0.15, 0.2) is 12.1 Å². The van der Waals surface area contributed by atoms with Crippen molar-refractivity contribution in [3.8, 4) is 0 Å². The first-order valence-electron chi connectivity index (χ1n) is 7.39. The summed E-state index contributed by atoms with van der Waals surface area (Å²) in [5, 5.41) is 0. The van der Waals surface area contributed by atoms with E-state index < -0.39 is 0 Å². The minimum Gasteiger partial charge on any atom is -0.293 e. The van der Waals surface area contributed by atoms with Crippen molar-refractivity contribution in [2.24, 2.45) is 5.92 Å². The SMILES string of the molecule is Cc1cc(C)c(C(=O)CN2CC3CCC2C3)cc1C. The van der Waals surface area contributed by atoms with Gasteiger partial charge < -0.3 is 0 Å². The van der Waals surface area contributed by atoms with Crippen molar-refractivity contribution < 1.29 is 4.79 Å². The van der Waals surface area contributed by atoms with Crippen LogP contribution in [-0.4, -0.2) is 29.8 Å². The van der Waals surface area contributed by atoms with Crippen molar-refractivity contribution in [3.05, 3.63) is 34.4 Å². The second kappa shape index (κ2) is 4.75. The second-order valence-corrected chi connectivity index (χ2v) is 6.44. The van der Waals surface area contributed by atoms with E-state index in [4.69, 9.17) is 0 Å². The van der Waals surface area contributed by atoms with E-state index in [0.717, 1.165) is 23.6 Å². The summed E-state index contributed by atoms with van der Waals surface area (Å²) < 4.78 is 0. The Hall–Kier alpha value is -1.15. The molecule has 0 amide bonds. The minimum absolute atomic E-state index is 0.299. The van der Waals surface area contributed by atoms with E-state index in [1.807, 2.05) is 0 Å². The molecule has 1 aliphatic heterocycles. The lowest BCUT2D eigenvalue weighted by Gasteiger charge is -2.26. The zero-order valence-electron chi connectivity index (χ0n) is 12.2. The monoisotopic (exact) mass is 257 g/mol. The van der Waals surface area contributed by atoms with Gasteiger partial charge in [0.2, 0.25) is 0 Å². The normalized spacial score (nSPS) is 26.1. The van der Waals surface area contributed by atoms with Gasteiger partial charge in [0.25, 0.3) is 0 Å². The summed E-state index contributed by atoms with van der Waals surface area (Å²) in [6.07, 6.45) is 3.99. The average Bonchev–Trinajstić information content (AvgIpc) is 2.95. The summed E-state index contributed by atoms with van der Waals surface area (Å²) in [6, 6.07) is 4.89. The molecule has 1 aliphatic carbocycles. The van der Waals surface area contributed by atoms with E-state index in [2.05, 4.69) is 37.8 Å². The lowest BCUT2D eigenvalue weighted by molar-refractivity contribution is 0.0904. The largest absolute Gasteiger partial charge is 0.293 e. The molecule has 0 aromatic heterocycles. The summed E-state index contributed by atoms with van der Waals surface area (Å²) in [7, 11) is 0. The molecule has 2 heteroatoms. The van der Waals surface area contributed by atoms with Gasteiger partial charge in [-0.25, -0.2) is 0 Å². The highest BCUT2D eigenvalue weighted by atomic mass is 16.1. The van der Waals surface area contributed by atoms with Crippen LogP contribution in [0.2, 0.25) is 0 Å². The Labute approximate surface area is 115 Å². The number of hydrogen-bond donors (Lipinski definition) is 0. The van der Waals surface area contributed by atoms with Crippen molar-refractivity contribution in [1.82, 2.24) is 4.90 Å². The Bertz CT molecular complexity index is 520. The van der Waals surface area contributed by atoms with Gasteiger partial charge in [-0.05, 0) is 68.7 Å². The summed E-state index contributed by atoms with van der Waals surface area (Å²) in [6.45, 7) is 8.00. The Balaban J connectivity index is 1.75. The van der Waals surface area contributed by atoms with Gasteiger partial charge in [0.1, 0.15) is 0 Å². The fourth-order valence-electron chi connectivity index (χ4n) is 3.75. The van der Waals surface area contributed by atoms with Gasteiger partial charge in [-0.3, -0.25) is 9.69 Å². The van der Waals surface area contributed by atoms with Crippen LogP contribution in [0.25, 0.3) is 0 Å². The fraction of sp³-hybridized carbons (Fsp3) is 0.588. The number of rotatable bonds is 3. The van der Waals surface area contributed by atoms with E-state index in [0.29, 0.717) is 18.4 Å². The summed E-state index contributed by atoms with van der Waals surface area (Å²) >= 11 is 0. The first-order chi connectivity index (χ1) is 9.04. The molecule has 2 unspecified atom stereocenters. The first-order valence-corrected chi connectivity index (χ1v) is 7.39. The van der Waals surface area contributed by atoms with Crippen molar-refractivity contribution >= 4 is 5.78 Å². The molecular weight excluding hydrogens is 234 g/mol. The molecule has 0 radical (unpaired) electrons. The van der Waals surface area contributed by atoms with Crippen molar-refractivity contribution in [1.29, 1.82) is 0 Å². The van der Waals surface area contributed by atoms with Crippen LogP contribution in [0.4, 0.5) is 0 Å². The maximum Gasteiger partial charge on any atom is 0.177 e. The zero-order chi connectivity index (χ0) is 13.6. The maximum absolute atomic E-state index is 12.5. The molecule has 19 heavy (non-hydrogen) atoms. The van der Waals surface area contributed by atoms with E-state index in [1.54, 1.807) is 0 Å². The molecule has 1 aromatic carbocycles. The first kappa shape index (κ1) is 12.9. The quantitative estimate of drug-likeness (QED) is 0.775. The number of nitrogens with zero attached hydrogens (tertiary/aromatic N) is 1. The van der Waals surface area contributed by atoms with Crippen LogP contribution >= 0.6 is 0 Å². The molecular formula is C17H23NO. The molecule has 1 aromatic rings. The lowest BCUT2D eigenvalue weighted by Crippen LogP contribution is -2.36. The molecule has 1 heterocycles. The average molecular weight is 257 g/mol. The van der Waals surface area contributed by atoms with Gasteiger partial charge in [-0.1, -0.05) is 6.07 Å². The molecule has 0 spiro atoms. The Morgan fingerprint density at radius 1 is 1.16 bits per heavy atom. The number of piperidine rings is 1. The number of carbonyl (C=O) groups excluding carboxylic acids is 1. The number of carbonyl (C=O) groups is 1. The molecule has 1 saturated carbocycles.